The first-order valence-electron chi connectivity index (χ1n) is 29.0. The monoisotopic (exact) mass is 1210 g/mol. The molecule has 1 aliphatic heterocycles. The van der Waals surface area contributed by atoms with Gasteiger partial charge in [-0.3, -0.25) is 52.6 Å². The Morgan fingerprint density at radius 3 is 1.48 bits per heavy atom. The molecular weight excluding hydrogens is 1120 g/mol. The van der Waals surface area contributed by atoms with Crippen LogP contribution in [0.5, 0.6) is 0 Å². The zero-order chi connectivity index (χ0) is 61.3. The van der Waals surface area contributed by atoms with Gasteiger partial charge in [-0.1, -0.05) is 86.0 Å². The molecule has 0 spiro atoms. The number of urea groups is 1. The number of carbonyl (C=O) groups is 8. The second-order valence-electron chi connectivity index (χ2n) is 20.1. The summed E-state index contributed by atoms with van der Waals surface area (Å²) in [5.74, 6) is -2.94. The van der Waals surface area contributed by atoms with Crippen molar-refractivity contribution in [2.24, 2.45) is 0 Å². The maximum absolute atomic E-state index is 13.5. The summed E-state index contributed by atoms with van der Waals surface area (Å²) < 4.78 is 48.5. The molecule has 3 aromatic carbocycles. The molecule has 2 atom stereocenters. The summed E-state index contributed by atoms with van der Waals surface area (Å²) in [4.78, 5) is 118. The number of hydrogen-bond acceptors (Lipinski definition) is 20. The second kappa shape index (κ2) is 42.1. The molecule has 1 unspecified atom stereocenters. The minimum atomic E-state index is -4.56. The molecule has 25 nitrogen and oxygen atoms in total. The summed E-state index contributed by atoms with van der Waals surface area (Å²) in [5.41, 5.74) is 1.81. The van der Waals surface area contributed by atoms with Crippen LogP contribution in [-0.2, 0) is 67.9 Å². The maximum Gasteiger partial charge on any atom is 0.472 e. The number of hydrogen-bond donors (Lipinski definition) is 5. The van der Waals surface area contributed by atoms with Crippen molar-refractivity contribution < 1.29 is 80.5 Å². The highest BCUT2D eigenvalue weighted by atomic mass is 31.2. The van der Waals surface area contributed by atoms with Gasteiger partial charge in [-0.25, -0.2) is 18.9 Å². The van der Waals surface area contributed by atoms with Gasteiger partial charge in [-0.2, -0.15) is 0 Å². The summed E-state index contributed by atoms with van der Waals surface area (Å²) in [5, 5.41) is 11.3. The number of amides is 4. The number of phosphoric ester groups is 1. The van der Waals surface area contributed by atoms with Crippen LogP contribution >= 0.6 is 7.82 Å². The zero-order valence-corrected chi connectivity index (χ0v) is 50.1. The van der Waals surface area contributed by atoms with Crippen LogP contribution in [0.25, 0.3) is 0 Å². The van der Waals surface area contributed by atoms with E-state index in [4.69, 9.17) is 32.7 Å². The lowest BCUT2D eigenvalue weighted by Crippen LogP contribution is -2.49. The van der Waals surface area contributed by atoms with E-state index in [9.17, 15) is 47.8 Å². The molecule has 26 heteroatoms. The number of benzene rings is 3. The summed E-state index contributed by atoms with van der Waals surface area (Å²) >= 11 is 0. The molecule has 0 aliphatic carbocycles. The Balaban J connectivity index is 1.15. The van der Waals surface area contributed by atoms with Gasteiger partial charge in [-0.05, 0) is 55.5 Å². The Bertz CT molecular complexity index is 2500. The van der Waals surface area contributed by atoms with Gasteiger partial charge in [0.2, 0.25) is 11.8 Å². The van der Waals surface area contributed by atoms with Crippen molar-refractivity contribution in [3.05, 3.63) is 108 Å². The molecule has 5 N–H and O–H groups in total. The SMILES string of the molecule is CC(=O)OC[C@@H](COP(=O)(O)OCCNC(=O)CCCCCNC(=O)NCCCCCCNC(=O)CN1CCN(CCOC(=O)c2ccccc2)CCN(CCOC(=O)c2ccccc2)CCN(CC(=O)OCc2ccccc2)CC1)OC(C)=O. The third-order valence-corrected chi connectivity index (χ3v) is 14.2. The first kappa shape index (κ1) is 70.7. The number of unbranched alkanes of at least 4 members (excludes halogenated alkanes) is 5. The van der Waals surface area contributed by atoms with Gasteiger partial charge in [0.25, 0.3) is 0 Å². The van der Waals surface area contributed by atoms with Crippen LogP contribution in [-0.4, -0.2) is 216 Å². The molecule has 0 radical (unpaired) electrons. The quantitative estimate of drug-likeness (QED) is 0.0236. The summed E-state index contributed by atoms with van der Waals surface area (Å²) in [6, 6.07) is 26.8. The standard InChI is InChI=1S/C59H87N8O17P/c1-48(68)80-46-53(84-49(2)69)47-83-85(76,77)82-40-29-61-54(70)25-15-8-18-28-63-59(75)62-27-17-4-3-16-26-60-55(71)43-66-34-32-64(38-41-78-57(73)51-21-11-6-12-22-51)30-31-65(39-42-79-58(74)52-23-13-7-14-24-52)33-35-67(37-36-66)44-56(72)81-45-50-19-9-5-10-20-50/h5-7,9-14,19-24,53H,3-4,8,15-18,25-47H2,1-2H3,(H,60,71)(H,61,70)(H,76,77)(H2,62,63,75)/t53-/m0/s1. The molecule has 85 heavy (non-hydrogen) atoms. The highest BCUT2D eigenvalue weighted by Crippen LogP contribution is 2.43. The molecule has 1 heterocycles. The van der Waals surface area contributed by atoms with Crippen LogP contribution in [0.4, 0.5) is 4.79 Å². The molecule has 3 aromatic rings. The van der Waals surface area contributed by atoms with Gasteiger partial charge >= 0.3 is 43.7 Å². The van der Waals surface area contributed by atoms with E-state index >= 15 is 0 Å². The summed E-state index contributed by atoms with van der Waals surface area (Å²) in [7, 11) is -4.56. The van der Waals surface area contributed by atoms with Crippen molar-refractivity contribution in [1.29, 1.82) is 0 Å². The molecule has 470 valence electrons. The average Bonchev–Trinajstić information content (AvgIpc) is 3.49. The topological polar surface area (TPSA) is 300 Å². The van der Waals surface area contributed by atoms with Crippen LogP contribution in [0.3, 0.4) is 0 Å². The highest BCUT2D eigenvalue weighted by Gasteiger charge is 2.26. The molecule has 1 fully saturated rings. The first-order valence-corrected chi connectivity index (χ1v) is 30.5. The van der Waals surface area contributed by atoms with E-state index in [0.29, 0.717) is 115 Å². The Hall–Kier alpha value is -6.83. The normalized spacial score (nSPS) is 14.9. The highest BCUT2D eigenvalue weighted by molar-refractivity contribution is 7.47. The number of esters is 5. The van der Waals surface area contributed by atoms with Crippen molar-refractivity contribution >= 4 is 55.5 Å². The predicted octanol–water partition coefficient (Wildman–Crippen LogP) is 3.95. The largest absolute Gasteiger partial charge is 0.472 e. The van der Waals surface area contributed by atoms with Crippen molar-refractivity contribution in [3.63, 3.8) is 0 Å². The lowest BCUT2D eigenvalue weighted by Gasteiger charge is -2.33. The number of carbonyl (C=O) groups excluding carboxylic acids is 8. The Labute approximate surface area is 498 Å². The lowest BCUT2D eigenvalue weighted by molar-refractivity contribution is -0.158. The van der Waals surface area contributed by atoms with E-state index in [1.165, 1.54) is 0 Å². The Morgan fingerprint density at radius 1 is 0.494 bits per heavy atom. The molecule has 4 amide bonds. The van der Waals surface area contributed by atoms with Crippen molar-refractivity contribution in [1.82, 2.24) is 40.9 Å². The molecule has 4 rings (SSSR count). The molecule has 0 bridgehead atoms. The van der Waals surface area contributed by atoms with E-state index in [0.717, 1.165) is 45.1 Å². The van der Waals surface area contributed by atoms with Crippen LogP contribution in [0, 0.1) is 0 Å². The van der Waals surface area contributed by atoms with Crippen LogP contribution < -0.4 is 21.3 Å². The number of ether oxygens (including phenoxy) is 5. The second-order valence-corrected chi connectivity index (χ2v) is 21.6. The van der Waals surface area contributed by atoms with E-state index < -0.39 is 44.4 Å². The molecule has 1 aliphatic rings. The Kier molecular flexibility index (Phi) is 35.0. The van der Waals surface area contributed by atoms with Crippen LogP contribution in [0.2, 0.25) is 0 Å². The van der Waals surface area contributed by atoms with Gasteiger partial charge in [0, 0.05) is 112 Å². The fraction of sp³-hybridized carbons (Fsp3) is 0.559. The van der Waals surface area contributed by atoms with Crippen molar-refractivity contribution in [3.8, 4) is 0 Å². The minimum absolute atomic E-state index is 0.0444. The molecule has 0 saturated carbocycles. The number of nitrogens with zero attached hydrogens (tertiary/aromatic N) is 4. The van der Waals surface area contributed by atoms with Gasteiger partial charge in [0.05, 0.1) is 37.4 Å². The fourth-order valence-electron chi connectivity index (χ4n) is 8.52. The predicted molar refractivity (Wildman–Crippen MR) is 314 cm³/mol. The molecule has 1 saturated heterocycles. The number of rotatable bonds is 37. The smallest absolute Gasteiger partial charge is 0.462 e. The van der Waals surface area contributed by atoms with Crippen molar-refractivity contribution in [2.45, 2.75) is 77.9 Å². The van der Waals surface area contributed by atoms with Gasteiger partial charge in [0.15, 0.2) is 6.10 Å². The van der Waals surface area contributed by atoms with E-state index in [1.54, 1.807) is 48.5 Å². The van der Waals surface area contributed by atoms with E-state index in [2.05, 4.69) is 36.0 Å². The first-order chi connectivity index (χ1) is 41.0. The maximum atomic E-state index is 13.5. The van der Waals surface area contributed by atoms with Gasteiger partial charge in [-0.15, -0.1) is 0 Å². The number of nitrogens with one attached hydrogen (secondary N) is 4. The third kappa shape index (κ3) is 34.0. The zero-order valence-electron chi connectivity index (χ0n) is 49.2. The fourth-order valence-corrected chi connectivity index (χ4v) is 9.27. The summed E-state index contributed by atoms with van der Waals surface area (Å²) in [6.07, 6.45) is 4.16. The van der Waals surface area contributed by atoms with Crippen LogP contribution in [0.15, 0.2) is 91.0 Å². The van der Waals surface area contributed by atoms with E-state index in [-0.39, 0.29) is 82.9 Å². The van der Waals surface area contributed by atoms with Gasteiger partial charge < -0.3 is 49.8 Å². The number of phosphoric acid groups is 1. The average molecular weight is 1210 g/mol. The van der Waals surface area contributed by atoms with Crippen molar-refractivity contribution in [2.75, 3.05) is 138 Å². The lowest BCUT2D eigenvalue weighted by atomic mass is 10.2. The minimum Gasteiger partial charge on any atom is -0.462 e. The van der Waals surface area contributed by atoms with Crippen LogP contribution in [0.1, 0.15) is 91.5 Å². The third-order valence-electron chi connectivity index (χ3n) is 13.2. The molecular formula is C59H87N8O17P. The van der Waals surface area contributed by atoms with Gasteiger partial charge in [0.1, 0.15) is 26.4 Å². The van der Waals surface area contributed by atoms with E-state index in [1.807, 2.05) is 47.4 Å². The summed E-state index contributed by atoms with van der Waals surface area (Å²) in [6.45, 7) is 8.16. The molecule has 0 aromatic heterocycles. The Morgan fingerprint density at radius 2 is 0.965 bits per heavy atom.